The molecule has 1 aliphatic rings. The molecule has 0 amide bonds. The molecule has 16 heavy (non-hydrogen) atoms. The molecule has 0 radical (unpaired) electrons. The van der Waals surface area contributed by atoms with Crippen LogP contribution in [0.4, 0.5) is 5.69 Å². The predicted octanol–water partition coefficient (Wildman–Crippen LogP) is 4.28. The maximum Gasteiger partial charge on any atom is 0.0426 e. The van der Waals surface area contributed by atoms with Crippen LogP contribution in [-0.4, -0.2) is 17.5 Å². The lowest BCUT2D eigenvalue weighted by Crippen LogP contribution is -2.35. The highest BCUT2D eigenvalue weighted by Crippen LogP contribution is 2.34. The van der Waals surface area contributed by atoms with Gasteiger partial charge in [-0.1, -0.05) is 31.5 Å². The Morgan fingerprint density at radius 1 is 1.44 bits per heavy atom. The standard InChI is InChI=1S/C13H18ClNS/c1-13(2)7-12(8-16-9-13)15-11-5-3-4-10(14)6-11/h3-6,12,15H,7-9H2,1-2H3. The van der Waals surface area contributed by atoms with Crippen LogP contribution in [0.25, 0.3) is 0 Å². The van der Waals surface area contributed by atoms with E-state index in [4.69, 9.17) is 11.6 Å². The number of anilines is 1. The zero-order valence-electron chi connectivity index (χ0n) is 9.79. The average molecular weight is 256 g/mol. The van der Waals surface area contributed by atoms with Crippen LogP contribution in [0.2, 0.25) is 5.02 Å². The first-order valence-corrected chi connectivity index (χ1v) is 7.18. The third kappa shape index (κ3) is 3.33. The Kier molecular flexibility index (Phi) is 3.70. The minimum absolute atomic E-state index is 0.444. The van der Waals surface area contributed by atoms with E-state index in [1.165, 1.54) is 17.9 Å². The van der Waals surface area contributed by atoms with E-state index in [0.717, 1.165) is 10.7 Å². The van der Waals surface area contributed by atoms with Crippen LogP contribution in [0.15, 0.2) is 24.3 Å². The minimum Gasteiger partial charge on any atom is -0.381 e. The molecule has 1 aliphatic heterocycles. The van der Waals surface area contributed by atoms with Gasteiger partial charge in [0.2, 0.25) is 0 Å². The van der Waals surface area contributed by atoms with Crippen molar-refractivity contribution in [3.05, 3.63) is 29.3 Å². The number of nitrogens with one attached hydrogen (secondary N) is 1. The van der Waals surface area contributed by atoms with Crippen molar-refractivity contribution in [2.45, 2.75) is 26.3 Å². The molecule has 2 rings (SSSR count). The van der Waals surface area contributed by atoms with Crippen molar-refractivity contribution in [1.82, 2.24) is 0 Å². The highest BCUT2D eigenvalue weighted by molar-refractivity contribution is 7.99. The maximum atomic E-state index is 5.97. The van der Waals surface area contributed by atoms with Crippen LogP contribution in [0.1, 0.15) is 20.3 Å². The van der Waals surface area contributed by atoms with Crippen molar-refractivity contribution in [3.8, 4) is 0 Å². The molecule has 1 atom stereocenters. The Hall–Kier alpha value is -0.340. The molecule has 1 N–H and O–H groups in total. The van der Waals surface area contributed by atoms with Gasteiger partial charge >= 0.3 is 0 Å². The van der Waals surface area contributed by atoms with Crippen LogP contribution in [0, 0.1) is 5.41 Å². The first-order valence-electron chi connectivity index (χ1n) is 5.65. The van der Waals surface area contributed by atoms with E-state index in [1.807, 2.05) is 30.0 Å². The summed E-state index contributed by atoms with van der Waals surface area (Å²) in [6, 6.07) is 8.54. The van der Waals surface area contributed by atoms with E-state index in [0.29, 0.717) is 11.5 Å². The molecule has 1 aromatic rings. The zero-order valence-corrected chi connectivity index (χ0v) is 11.4. The van der Waals surface area contributed by atoms with Crippen molar-refractivity contribution in [2.24, 2.45) is 5.41 Å². The highest BCUT2D eigenvalue weighted by atomic mass is 35.5. The molecule has 0 aliphatic carbocycles. The number of halogens is 1. The summed E-state index contributed by atoms with van der Waals surface area (Å²) in [5.74, 6) is 2.46. The van der Waals surface area contributed by atoms with Gasteiger partial charge in [-0.25, -0.2) is 0 Å². The summed E-state index contributed by atoms with van der Waals surface area (Å²) in [7, 11) is 0. The predicted molar refractivity (Wildman–Crippen MR) is 74.6 cm³/mol. The topological polar surface area (TPSA) is 12.0 Å². The molecule has 0 bridgehead atoms. The summed E-state index contributed by atoms with van der Waals surface area (Å²) in [6.07, 6.45) is 1.23. The number of hydrogen-bond donors (Lipinski definition) is 1. The summed E-state index contributed by atoms with van der Waals surface area (Å²) in [4.78, 5) is 0. The summed E-state index contributed by atoms with van der Waals surface area (Å²) in [6.45, 7) is 4.68. The lowest BCUT2D eigenvalue weighted by Gasteiger charge is -2.35. The van der Waals surface area contributed by atoms with Crippen LogP contribution < -0.4 is 5.32 Å². The second kappa shape index (κ2) is 4.89. The van der Waals surface area contributed by atoms with Crippen LogP contribution in [-0.2, 0) is 0 Å². The first kappa shape index (κ1) is 12.1. The number of hydrogen-bond acceptors (Lipinski definition) is 2. The number of thioether (sulfide) groups is 1. The van der Waals surface area contributed by atoms with Gasteiger partial charge in [-0.05, 0) is 35.8 Å². The summed E-state index contributed by atoms with van der Waals surface area (Å²) in [5.41, 5.74) is 1.58. The molecule has 1 aromatic carbocycles. The van der Waals surface area contributed by atoms with Crippen LogP contribution in [0.5, 0.6) is 0 Å². The first-order chi connectivity index (χ1) is 7.55. The van der Waals surface area contributed by atoms with Crippen molar-refractivity contribution < 1.29 is 0 Å². The van der Waals surface area contributed by atoms with Gasteiger partial charge in [0.05, 0.1) is 0 Å². The number of benzene rings is 1. The lowest BCUT2D eigenvalue weighted by atomic mass is 9.88. The van der Waals surface area contributed by atoms with Crippen molar-refractivity contribution >= 4 is 29.1 Å². The fourth-order valence-corrected chi connectivity index (χ4v) is 3.63. The summed E-state index contributed by atoms with van der Waals surface area (Å²) >= 11 is 8.01. The monoisotopic (exact) mass is 255 g/mol. The Morgan fingerprint density at radius 3 is 2.94 bits per heavy atom. The van der Waals surface area contributed by atoms with E-state index in [1.54, 1.807) is 0 Å². The van der Waals surface area contributed by atoms with E-state index in [2.05, 4.69) is 25.2 Å². The van der Waals surface area contributed by atoms with Gasteiger partial charge in [0.15, 0.2) is 0 Å². The Bertz CT molecular complexity index is 365. The molecule has 88 valence electrons. The maximum absolute atomic E-state index is 5.97. The fourth-order valence-electron chi connectivity index (χ4n) is 2.17. The van der Waals surface area contributed by atoms with Gasteiger partial charge in [0.25, 0.3) is 0 Å². The van der Waals surface area contributed by atoms with E-state index >= 15 is 0 Å². The molecule has 1 heterocycles. The molecule has 0 spiro atoms. The molecule has 1 saturated heterocycles. The van der Waals surface area contributed by atoms with Crippen molar-refractivity contribution in [1.29, 1.82) is 0 Å². The zero-order chi connectivity index (χ0) is 11.6. The fraction of sp³-hybridized carbons (Fsp3) is 0.538. The molecule has 1 unspecified atom stereocenters. The Morgan fingerprint density at radius 2 is 2.25 bits per heavy atom. The van der Waals surface area contributed by atoms with E-state index < -0.39 is 0 Å². The SMILES string of the molecule is CC1(C)CSCC(Nc2cccc(Cl)c2)C1. The van der Waals surface area contributed by atoms with E-state index in [9.17, 15) is 0 Å². The highest BCUT2D eigenvalue weighted by Gasteiger charge is 2.28. The van der Waals surface area contributed by atoms with Crippen LogP contribution in [0.3, 0.4) is 0 Å². The average Bonchev–Trinajstić information content (AvgIpc) is 2.15. The molecule has 1 nitrogen and oxygen atoms in total. The van der Waals surface area contributed by atoms with Gasteiger partial charge in [0, 0.05) is 22.5 Å². The molecular weight excluding hydrogens is 238 g/mol. The van der Waals surface area contributed by atoms with Gasteiger partial charge in [-0.15, -0.1) is 0 Å². The minimum atomic E-state index is 0.444. The largest absolute Gasteiger partial charge is 0.381 e. The van der Waals surface area contributed by atoms with Crippen LogP contribution >= 0.6 is 23.4 Å². The summed E-state index contributed by atoms with van der Waals surface area (Å²) < 4.78 is 0. The van der Waals surface area contributed by atoms with Gasteiger partial charge < -0.3 is 5.32 Å². The number of rotatable bonds is 2. The van der Waals surface area contributed by atoms with Crippen molar-refractivity contribution in [2.75, 3.05) is 16.8 Å². The third-order valence-corrected chi connectivity index (χ3v) is 4.66. The normalized spacial score (nSPS) is 24.1. The summed E-state index contributed by atoms with van der Waals surface area (Å²) in [5, 5.41) is 4.37. The van der Waals surface area contributed by atoms with Gasteiger partial charge in [-0.3, -0.25) is 0 Å². The lowest BCUT2D eigenvalue weighted by molar-refractivity contribution is 0.358. The van der Waals surface area contributed by atoms with E-state index in [-0.39, 0.29) is 0 Å². The Balaban J connectivity index is 1.99. The second-order valence-corrected chi connectivity index (χ2v) is 6.70. The van der Waals surface area contributed by atoms with Gasteiger partial charge in [0.1, 0.15) is 0 Å². The van der Waals surface area contributed by atoms with Gasteiger partial charge in [-0.2, -0.15) is 11.8 Å². The quantitative estimate of drug-likeness (QED) is 0.847. The third-order valence-electron chi connectivity index (χ3n) is 2.81. The molecule has 3 heteroatoms. The molecule has 0 aromatic heterocycles. The van der Waals surface area contributed by atoms with Crippen molar-refractivity contribution in [3.63, 3.8) is 0 Å². The Labute approximate surface area is 107 Å². The molecule has 1 fully saturated rings. The smallest absolute Gasteiger partial charge is 0.0426 e. The molecular formula is C13H18ClNS. The molecule has 0 saturated carbocycles. The second-order valence-electron chi connectivity index (χ2n) is 5.24.